The van der Waals surface area contributed by atoms with Crippen LogP contribution in [-0.2, 0) is 4.79 Å². The third-order valence-corrected chi connectivity index (χ3v) is 3.57. The molecule has 6 nitrogen and oxygen atoms in total. The van der Waals surface area contributed by atoms with Gasteiger partial charge in [0.15, 0.2) is 6.61 Å². The second-order valence-electron chi connectivity index (χ2n) is 4.93. The van der Waals surface area contributed by atoms with Crippen LogP contribution >= 0.6 is 11.6 Å². The van der Waals surface area contributed by atoms with Crippen molar-refractivity contribution in [1.29, 1.82) is 0 Å². The van der Waals surface area contributed by atoms with Crippen molar-refractivity contribution in [1.82, 2.24) is 10.2 Å². The lowest BCUT2D eigenvalue weighted by atomic mass is 9.96. The zero-order chi connectivity index (χ0) is 15.2. The largest absolute Gasteiger partial charge is 0.484 e. The summed E-state index contributed by atoms with van der Waals surface area (Å²) in [5.41, 5.74) is 0. The van der Waals surface area contributed by atoms with Crippen molar-refractivity contribution in [3.05, 3.63) is 29.3 Å². The van der Waals surface area contributed by atoms with Gasteiger partial charge in [-0.25, -0.2) is 4.79 Å². The average molecular weight is 313 g/mol. The number of carbonyl (C=O) groups is 2. The number of nitrogens with one attached hydrogen (secondary N) is 1. The van der Waals surface area contributed by atoms with E-state index in [0.717, 1.165) is 6.42 Å². The van der Waals surface area contributed by atoms with Crippen LogP contribution in [0.25, 0.3) is 0 Å². The van der Waals surface area contributed by atoms with Gasteiger partial charge in [-0.3, -0.25) is 4.79 Å². The number of amides is 2. The van der Waals surface area contributed by atoms with E-state index in [1.54, 1.807) is 29.2 Å². The molecule has 1 aromatic carbocycles. The van der Waals surface area contributed by atoms with Crippen LogP contribution < -0.4 is 10.1 Å². The number of halogens is 1. The van der Waals surface area contributed by atoms with E-state index in [1.165, 1.54) is 0 Å². The van der Waals surface area contributed by atoms with Gasteiger partial charge in [0, 0.05) is 24.7 Å². The first-order valence-corrected chi connectivity index (χ1v) is 7.05. The number of ether oxygens (including phenoxy) is 1. The molecule has 0 unspecified atom stereocenters. The molecule has 0 aromatic heterocycles. The monoisotopic (exact) mass is 312 g/mol. The molecule has 0 bridgehead atoms. The molecular formula is C14H17ClN2O4. The van der Waals surface area contributed by atoms with Crippen LogP contribution in [0.4, 0.5) is 4.79 Å². The molecule has 1 aliphatic heterocycles. The van der Waals surface area contributed by atoms with E-state index in [1.807, 2.05) is 0 Å². The molecule has 1 aliphatic rings. The minimum atomic E-state index is -1.02. The van der Waals surface area contributed by atoms with Crippen molar-refractivity contribution >= 4 is 23.6 Å². The Labute approximate surface area is 127 Å². The van der Waals surface area contributed by atoms with E-state index < -0.39 is 6.09 Å². The van der Waals surface area contributed by atoms with Gasteiger partial charge in [0.2, 0.25) is 0 Å². The maximum atomic E-state index is 11.9. The summed E-state index contributed by atoms with van der Waals surface area (Å²) >= 11 is 5.76. The molecule has 114 valence electrons. The lowest BCUT2D eigenvalue weighted by molar-refractivity contribution is -0.139. The Balaban J connectivity index is 1.62. The van der Waals surface area contributed by atoms with Crippen LogP contribution in [0, 0.1) is 5.92 Å². The highest BCUT2D eigenvalue weighted by Crippen LogP contribution is 2.19. The Morgan fingerprint density at radius 2 is 2.00 bits per heavy atom. The summed E-state index contributed by atoms with van der Waals surface area (Å²) in [5, 5.41) is 11.4. The van der Waals surface area contributed by atoms with Crippen LogP contribution in [0.5, 0.6) is 5.75 Å². The van der Waals surface area contributed by atoms with Crippen LogP contribution in [0.15, 0.2) is 24.3 Å². The Morgan fingerprint density at radius 1 is 1.33 bits per heavy atom. The van der Waals surface area contributed by atoms with Gasteiger partial charge >= 0.3 is 6.09 Å². The zero-order valence-corrected chi connectivity index (χ0v) is 12.2. The smallest absolute Gasteiger partial charge is 0.404 e. The summed E-state index contributed by atoms with van der Waals surface area (Å²) in [6, 6.07) is 6.84. The second kappa shape index (κ2) is 7.17. The van der Waals surface area contributed by atoms with Crippen molar-refractivity contribution in [3.63, 3.8) is 0 Å². The molecule has 0 saturated carbocycles. The summed E-state index contributed by atoms with van der Waals surface area (Å²) in [6.45, 7) is 1.74. The number of hydrogen-bond acceptors (Lipinski definition) is 3. The number of rotatable bonds is 6. The van der Waals surface area contributed by atoms with Crippen LogP contribution in [0.3, 0.4) is 0 Å². The summed E-state index contributed by atoms with van der Waals surface area (Å²) in [6.07, 6.45) is -0.271. The standard InChI is InChI=1S/C14H17ClN2O4/c15-11-1-3-12(4-2-11)21-9-13(18)17-7-10(8-17)5-6-16-14(19)20/h1-4,10,16H,5-9H2,(H,19,20). The molecule has 1 heterocycles. The van der Waals surface area contributed by atoms with Gasteiger partial charge in [0.05, 0.1) is 0 Å². The van der Waals surface area contributed by atoms with Gasteiger partial charge < -0.3 is 20.1 Å². The molecule has 1 saturated heterocycles. The lowest BCUT2D eigenvalue weighted by Gasteiger charge is -2.39. The van der Waals surface area contributed by atoms with Crippen LogP contribution in [0.1, 0.15) is 6.42 Å². The van der Waals surface area contributed by atoms with Crippen molar-refractivity contribution < 1.29 is 19.4 Å². The number of hydrogen-bond donors (Lipinski definition) is 2. The lowest BCUT2D eigenvalue weighted by Crippen LogP contribution is -2.52. The summed E-state index contributed by atoms with van der Waals surface area (Å²) in [4.78, 5) is 23.9. The van der Waals surface area contributed by atoms with Gasteiger partial charge in [-0.05, 0) is 36.6 Å². The molecule has 21 heavy (non-hydrogen) atoms. The number of benzene rings is 1. The number of likely N-dealkylation sites (tertiary alicyclic amines) is 1. The Hall–Kier alpha value is -1.95. The second-order valence-corrected chi connectivity index (χ2v) is 5.36. The highest BCUT2D eigenvalue weighted by atomic mass is 35.5. The van der Waals surface area contributed by atoms with E-state index in [2.05, 4.69) is 5.32 Å². The van der Waals surface area contributed by atoms with E-state index >= 15 is 0 Å². The first-order valence-electron chi connectivity index (χ1n) is 6.67. The zero-order valence-electron chi connectivity index (χ0n) is 11.4. The molecule has 0 spiro atoms. The van der Waals surface area contributed by atoms with E-state index in [-0.39, 0.29) is 12.5 Å². The van der Waals surface area contributed by atoms with Crippen molar-refractivity contribution in [2.75, 3.05) is 26.2 Å². The predicted molar refractivity (Wildman–Crippen MR) is 77.7 cm³/mol. The summed E-state index contributed by atoms with van der Waals surface area (Å²) in [5.74, 6) is 0.902. The maximum absolute atomic E-state index is 11.9. The SMILES string of the molecule is O=C(O)NCCC1CN(C(=O)COc2ccc(Cl)cc2)C1. The molecule has 0 atom stereocenters. The summed E-state index contributed by atoms with van der Waals surface area (Å²) < 4.78 is 5.39. The third-order valence-electron chi connectivity index (χ3n) is 3.31. The van der Waals surface area contributed by atoms with Gasteiger partial charge in [-0.2, -0.15) is 0 Å². The Morgan fingerprint density at radius 3 is 2.62 bits per heavy atom. The van der Waals surface area contributed by atoms with Gasteiger partial charge in [0.25, 0.3) is 5.91 Å². The first-order chi connectivity index (χ1) is 10.0. The summed E-state index contributed by atoms with van der Waals surface area (Å²) in [7, 11) is 0. The van der Waals surface area contributed by atoms with Crippen LogP contribution in [-0.4, -0.2) is 48.2 Å². The topological polar surface area (TPSA) is 78.9 Å². The first kappa shape index (κ1) is 15.4. The molecule has 2 amide bonds. The Kier molecular flexibility index (Phi) is 5.27. The minimum absolute atomic E-state index is 0.00171. The number of carboxylic acid groups (broad SMARTS) is 1. The predicted octanol–water partition coefficient (Wildman–Crippen LogP) is 1.83. The van der Waals surface area contributed by atoms with Gasteiger partial charge in [-0.1, -0.05) is 11.6 Å². The van der Waals surface area contributed by atoms with Crippen molar-refractivity contribution in [2.45, 2.75) is 6.42 Å². The molecule has 0 aliphatic carbocycles. The van der Waals surface area contributed by atoms with Gasteiger partial charge in [-0.15, -0.1) is 0 Å². The van der Waals surface area contributed by atoms with Crippen molar-refractivity contribution in [3.8, 4) is 5.75 Å². The van der Waals surface area contributed by atoms with Crippen molar-refractivity contribution in [2.24, 2.45) is 5.92 Å². The van der Waals surface area contributed by atoms with E-state index in [9.17, 15) is 9.59 Å². The molecule has 1 fully saturated rings. The normalized spacial score (nSPS) is 14.4. The highest BCUT2D eigenvalue weighted by Gasteiger charge is 2.30. The third kappa shape index (κ3) is 4.82. The fourth-order valence-electron chi connectivity index (χ4n) is 2.11. The molecule has 7 heteroatoms. The average Bonchev–Trinajstić information content (AvgIpc) is 2.40. The molecule has 2 rings (SSSR count). The fraction of sp³-hybridized carbons (Fsp3) is 0.429. The van der Waals surface area contributed by atoms with Crippen LogP contribution in [0.2, 0.25) is 5.02 Å². The fourth-order valence-corrected chi connectivity index (χ4v) is 2.23. The van der Waals surface area contributed by atoms with Gasteiger partial charge in [0.1, 0.15) is 5.75 Å². The number of nitrogens with zero attached hydrogens (tertiary/aromatic N) is 1. The molecular weight excluding hydrogens is 296 g/mol. The van der Waals surface area contributed by atoms with E-state index in [0.29, 0.717) is 36.3 Å². The van der Waals surface area contributed by atoms with E-state index in [4.69, 9.17) is 21.4 Å². The highest BCUT2D eigenvalue weighted by molar-refractivity contribution is 6.30. The minimum Gasteiger partial charge on any atom is -0.484 e. The quantitative estimate of drug-likeness (QED) is 0.840. The number of carbonyl (C=O) groups excluding carboxylic acids is 1. The Bertz CT molecular complexity index is 500. The molecule has 0 radical (unpaired) electrons. The maximum Gasteiger partial charge on any atom is 0.404 e. The molecule has 1 aromatic rings. The molecule has 2 N–H and O–H groups in total.